The molecule has 10 heteroatoms. The van der Waals surface area contributed by atoms with Gasteiger partial charge in [0.05, 0.1) is 36.1 Å². The summed E-state index contributed by atoms with van der Waals surface area (Å²) in [7, 11) is 1.33. The molecular weight excluding hydrogens is 455 g/mol. The van der Waals surface area contributed by atoms with Gasteiger partial charge in [-0.1, -0.05) is 46.6 Å². The summed E-state index contributed by atoms with van der Waals surface area (Å²) in [5, 5.41) is 11.6. The van der Waals surface area contributed by atoms with Gasteiger partial charge in [-0.3, -0.25) is 9.48 Å². The Morgan fingerprint density at radius 1 is 1.16 bits per heavy atom. The molecule has 2 aromatic carbocycles. The predicted octanol–water partition coefficient (Wildman–Crippen LogP) is 4.93. The van der Waals surface area contributed by atoms with Crippen molar-refractivity contribution in [2.24, 2.45) is 0 Å². The number of nitrogens with one attached hydrogen (secondary N) is 1. The fraction of sp³-hybridized carbons (Fsp3) is 0.0909. The smallest absolute Gasteiger partial charge is 0.338 e. The molecule has 0 bridgehead atoms. The minimum atomic E-state index is -0.473. The molecule has 0 aliphatic heterocycles. The summed E-state index contributed by atoms with van der Waals surface area (Å²) in [4.78, 5) is 24.5. The van der Waals surface area contributed by atoms with E-state index in [9.17, 15) is 9.59 Å². The van der Waals surface area contributed by atoms with Crippen LogP contribution in [-0.2, 0) is 11.3 Å². The van der Waals surface area contributed by atoms with Gasteiger partial charge in [0.2, 0.25) is 0 Å². The number of anilines is 1. The number of methoxy groups -OCH3 is 1. The SMILES string of the molecule is COC(=O)c1ccccc1Cn1cc(NC(=O)c2cc(-c3ccc(Cl)cc3Cl)on2)cn1. The van der Waals surface area contributed by atoms with Crippen molar-refractivity contribution in [3.63, 3.8) is 0 Å². The van der Waals surface area contributed by atoms with E-state index in [0.717, 1.165) is 5.56 Å². The molecule has 0 aliphatic rings. The molecule has 0 atom stereocenters. The first kappa shape index (κ1) is 21.6. The van der Waals surface area contributed by atoms with E-state index in [4.69, 9.17) is 32.5 Å². The molecule has 8 nitrogen and oxygen atoms in total. The summed E-state index contributed by atoms with van der Waals surface area (Å²) in [5.74, 6) is -0.560. The fourth-order valence-electron chi connectivity index (χ4n) is 3.05. The lowest BCUT2D eigenvalue weighted by Gasteiger charge is -2.07. The van der Waals surface area contributed by atoms with Crippen LogP contribution < -0.4 is 5.32 Å². The highest BCUT2D eigenvalue weighted by Crippen LogP contribution is 2.30. The average Bonchev–Trinajstić information content (AvgIpc) is 3.43. The van der Waals surface area contributed by atoms with E-state index in [1.54, 1.807) is 41.2 Å². The van der Waals surface area contributed by atoms with Crippen LogP contribution in [0.2, 0.25) is 10.0 Å². The largest absolute Gasteiger partial charge is 0.465 e. The van der Waals surface area contributed by atoms with Gasteiger partial charge in [-0.05, 0) is 29.8 Å². The second-order valence-corrected chi connectivity index (χ2v) is 7.57. The first-order valence-corrected chi connectivity index (χ1v) is 10.1. The highest BCUT2D eigenvalue weighted by atomic mass is 35.5. The zero-order chi connectivity index (χ0) is 22.7. The molecule has 4 aromatic rings. The van der Waals surface area contributed by atoms with Crippen molar-refractivity contribution in [2.75, 3.05) is 12.4 Å². The number of amides is 1. The van der Waals surface area contributed by atoms with Crippen molar-refractivity contribution in [2.45, 2.75) is 6.54 Å². The van der Waals surface area contributed by atoms with Crippen molar-refractivity contribution in [3.05, 3.63) is 87.8 Å². The molecule has 2 heterocycles. The first-order valence-electron chi connectivity index (χ1n) is 9.37. The van der Waals surface area contributed by atoms with E-state index in [1.807, 2.05) is 12.1 Å². The lowest BCUT2D eigenvalue weighted by Crippen LogP contribution is -2.12. The third-order valence-electron chi connectivity index (χ3n) is 4.59. The van der Waals surface area contributed by atoms with Gasteiger partial charge < -0.3 is 14.6 Å². The van der Waals surface area contributed by atoms with Gasteiger partial charge in [0.15, 0.2) is 11.5 Å². The molecule has 32 heavy (non-hydrogen) atoms. The van der Waals surface area contributed by atoms with Crippen LogP contribution in [0, 0.1) is 0 Å². The number of hydrogen-bond donors (Lipinski definition) is 1. The molecular formula is C22H16Cl2N4O4. The van der Waals surface area contributed by atoms with Crippen molar-refractivity contribution < 1.29 is 18.8 Å². The van der Waals surface area contributed by atoms with E-state index in [1.165, 1.54) is 19.4 Å². The number of benzene rings is 2. The van der Waals surface area contributed by atoms with Crippen LogP contribution in [0.25, 0.3) is 11.3 Å². The zero-order valence-corrected chi connectivity index (χ0v) is 18.2. The Labute approximate surface area is 192 Å². The van der Waals surface area contributed by atoms with Crippen LogP contribution in [0.4, 0.5) is 5.69 Å². The Morgan fingerprint density at radius 2 is 1.97 bits per heavy atom. The number of esters is 1. The summed E-state index contributed by atoms with van der Waals surface area (Å²) >= 11 is 12.1. The van der Waals surface area contributed by atoms with E-state index in [-0.39, 0.29) is 5.69 Å². The second kappa shape index (κ2) is 9.25. The Kier molecular flexibility index (Phi) is 6.25. The maximum absolute atomic E-state index is 12.6. The van der Waals surface area contributed by atoms with Crippen molar-refractivity contribution >= 4 is 40.8 Å². The van der Waals surface area contributed by atoms with Crippen LogP contribution in [0.15, 0.2) is 65.4 Å². The quantitative estimate of drug-likeness (QED) is 0.401. The van der Waals surface area contributed by atoms with Crippen LogP contribution in [0.5, 0.6) is 0 Å². The summed E-state index contributed by atoms with van der Waals surface area (Å²) in [6, 6.07) is 13.5. The summed E-state index contributed by atoms with van der Waals surface area (Å²) < 4.78 is 11.7. The van der Waals surface area contributed by atoms with Crippen molar-refractivity contribution in [1.29, 1.82) is 0 Å². The number of ether oxygens (including phenoxy) is 1. The third kappa shape index (κ3) is 4.66. The zero-order valence-electron chi connectivity index (χ0n) is 16.7. The summed E-state index contributed by atoms with van der Waals surface area (Å²) in [5.41, 5.74) is 2.29. The van der Waals surface area contributed by atoms with Gasteiger partial charge >= 0.3 is 5.97 Å². The lowest BCUT2D eigenvalue weighted by atomic mass is 10.1. The minimum Gasteiger partial charge on any atom is -0.465 e. The molecule has 0 spiro atoms. The topological polar surface area (TPSA) is 99.2 Å². The standard InChI is InChI=1S/C22H16Cl2N4O4/c1-31-22(30)16-5-3-2-4-13(16)11-28-12-15(10-25-28)26-21(29)19-9-20(32-27-19)17-7-6-14(23)8-18(17)24/h2-10,12H,11H2,1H3,(H,26,29). The van der Waals surface area contributed by atoms with E-state index < -0.39 is 11.9 Å². The lowest BCUT2D eigenvalue weighted by molar-refractivity contribution is 0.0599. The normalized spacial score (nSPS) is 10.7. The Morgan fingerprint density at radius 3 is 2.75 bits per heavy atom. The van der Waals surface area contributed by atoms with Gasteiger partial charge in [0.1, 0.15) is 0 Å². The fourth-order valence-corrected chi connectivity index (χ4v) is 3.55. The molecule has 0 fully saturated rings. The highest BCUT2D eigenvalue weighted by molar-refractivity contribution is 6.36. The molecule has 0 saturated carbocycles. The van der Waals surface area contributed by atoms with Crippen LogP contribution in [-0.4, -0.2) is 33.9 Å². The molecule has 162 valence electrons. The third-order valence-corrected chi connectivity index (χ3v) is 5.13. The van der Waals surface area contributed by atoms with Gasteiger partial charge in [-0.25, -0.2) is 4.79 Å². The van der Waals surface area contributed by atoms with Crippen LogP contribution in [0.3, 0.4) is 0 Å². The average molecular weight is 471 g/mol. The Bertz CT molecular complexity index is 1300. The second-order valence-electron chi connectivity index (χ2n) is 6.73. The van der Waals surface area contributed by atoms with E-state index in [2.05, 4.69) is 15.6 Å². The van der Waals surface area contributed by atoms with Gasteiger partial charge in [0.25, 0.3) is 5.91 Å². The van der Waals surface area contributed by atoms with Crippen LogP contribution >= 0.6 is 23.2 Å². The summed E-state index contributed by atoms with van der Waals surface area (Å²) in [6.45, 7) is 0.324. The van der Waals surface area contributed by atoms with E-state index >= 15 is 0 Å². The Hall–Kier alpha value is -3.62. The monoisotopic (exact) mass is 470 g/mol. The number of nitrogens with zero attached hydrogens (tertiary/aromatic N) is 3. The van der Waals surface area contributed by atoms with Gasteiger partial charge in [-0.2, -0.15) is 5.10 Å². The van der Waals surface area contributed by atoms with Gasteiger partial charge in [-0.15, -0.1) is 0 Å². The Balaban J connectivity index is 1.46. The maximum Gasteiger partial charge on any atom is 0.338 e. The molecule has 0 saturated heterocycles. The number of aromatic nitrogens is 3. The number of carbonyl (C=O) groups is 2. The van der Waals surface area contributed by atoms with E-state index in [0.29, 0.717) is 39.2 Å². The molecule has 1 N–H and O–H groups in total. The molecule has 0 radical (unpaired) electrons. The van der Waals surface area contributed by atoms with Gasteiger partial charge in [0, 0.05) is 22.8 Å². The molecule has 0 unspecified atom stereocenters. The molecule has 4 rings (SSSR count). The number of halogens is 2. The highest BCUT2D eigenvalue weighted by Gasteiger charge is 2.17. The number of hydrogen-bond acceptors (Lipinski definition) is 6. The molecule has 2 aromatic heterocycles. The number of rotatable bonds is 6. The van der Waals surface area contributed by atoms with Crippen LogP contribution in [0.1, 0.15) is 26.4 Å². The number of carbonyl (C=O) groups excluding carboxylic acids is 2. The summed E-state index contributed by atoms with van der Waals surface area (Å²) in [6.07, 6.45) is 3.14. The maximum atomic E-state index is 12.6. The minimum absolute atomic E-state index is 0.0785. The predicted molar refractivity (Wildman–Crippen MR) is 119 cm³/mol. The molecule has 1 amide bonds. The van der Waals surface area contributed by atoms with Crippen molar-refractivity contribution in [1.82, 2.24) is 14.9 Å². The molecule has 0 aliphatic carbocycles. The first-order chi connectivity index (χ1) is 15.4. The van der Waals surface area contributed by atoms with Crippen molar-refractivity contribution in [3.8, 4) is 11.3 Å².